The van der Waals surface area contributed by atoms with Crippen molar-refractivity contribution in [2.75, 3.05) is 5.88 Å². The standard InChI is InChI=1S/C4H10ClNO.ClH/c1-3(6)4(7)2-5;/h3-4,7H,2,6H2,1H3;1H/t3-,4+;/m0./s1. The number of aliphatic hydroxyl groups excluding tert-OH is 1. The molecule has 0 aliphatic carbocycles. The van der Waals surface area contributed by atoms with E-state index in [4.69, 9.17) is 22.4 Å². The topological polar surface area (TPSA) is 46.2 Å². The van der Waals surface area contributed by atoms with Gasteiger partial charge < -0.3 is 10.8 Å². The van der Waals surface area contributed by atoms with Crippen LogP contribution < -0.4 is 5.73 Å². The average Bonchev–Trinajstić information content (AvgIpc) is 1.65. The van der Waals surface area contributed by atoms with E-state index in [1.165, 1.54) is 0 Å². The Morgan fingerprint density at radius 2 is 2.12 bits per heavy atom. The van der Waals surface area contributed by atoms with E-state index < -0.39 is 6.10 Å². The summed E-state index contributed by atoms with van der Waals surface area (Å²) < 4.78 is 0. The molecule has 0 aromatic rings. The van der Waals surface area contributed by atoms with Crippen molar-refractivity contribution in [1.82, 2.24) is 0 Å². The maximum Gasteiger partial charge on any atom is 0.0823 e. The van der Waals surface area contributed by atoms with Crippen LogP contribution >= 0.6 is 24.0 Å². The molecule has 0 fully saturated rings. The van der Waals surface area contributed by atoms with Crippen molar-refractivity contribution < 1.29 is 5.11 Å². The Hall–Kier alpha value is 0.500. The zero-order chi connectivity index (χ0) is 5.86. The number of hydrogen-bond donors (Lipinski definition) is 2. The number of hydrogen-bond acceptors (Lipinski definition) is 2. The van der Waals surface area contributed by atoms with Gasteiger partial charge in [-0.3, -0.25) is 0 Å². The van der Waals surface area contributed by atoms with E-state index in [2.05, 4.69) is 0 Å². The van der Waals surface area contributed by atoms with Gasteiger partial charge in [-0.25, -0.2) is 0 Å². The number of alkyl halides is 1. The Labute approximate surface area is 60.4 Å². The lowest BCUT2D eigenvalue weighted by atomic mass is 10.2. The van der Waals surface area contributed by atoms with E-state index >= 15 is 0 Å². The molecule has 0 amide bonds. The number of rotatable bonds is 2. The van der Waals surface area contributed by atoms with Gasteiger partial charge in [-0.1, -0.05) is 0 Å². The maximum atomic E-state index is 8.68. The normalized spacial score (nSPS) is 16.5. The summed E-state index contributed by atoms with van der Waals surface area (Å²) in [7, 11) is 0. The Balaban J connectivity index is 0. The second-order valence-electron chi connectivity index (χ2n) is 1.58. The Kier molecular flexibility index (Phi) is 7.97. The molecule has 0 saturated carbocycles. The van der Waals surface area contributed by atoms with E-state index in [0.717, 1.165) is 0 Å². The third-order valence-corrected chi connectivity index (χ3v) is 1.08. The average molecular weight is 160 g/mol. The van der Waals surface area contributed by atoms with Gasteiger partial charge in [0.05, 0.1) is 6.10 Å². The van der Waals surface area contributed by atoms with Crippen LogP contribution in [0.2, 0.25) is 0 Å². The molecule has 0 aromatic carbocycles. The molecule has 0 bridgehead atoms. The fraction of sp³-hybridized carbons (Fsp3) is 1.00. The van der Waals surface area contributed by atoms with Gasteiger partial charge in [-0.15, -0.1) is 24.0 Å². The molecule has 0 rings (SSSR count). The van der Waals surface area contributed by atoms with Crippen molar-refractivity contribution >= 4 is 24.0 Å². The van der Waals surface area contributed by atoms with E-state index in [0.29, 0.717) is 0 Å². The minimum atomic E-state index is -0.554. The van der Waals surface area contributed by atoms with Gasteiger partial charge in [0.15, 0.2) is 0 Å². The molecule has 4 heteroatoms. The van der Waals surface area contributed by atoms with Gasteiger partial charge in [-0.2, -0.15) is 0 Å². The predicted molar refractivity (Wildman–Crippen MR) is 37.6 cm³/mol. The second kappa shape index (κ2) is 5.63. The summed E-state index contributed by atoms with van der Waals surface area (Å²) in [5.41, 5.74) is 5.21. The zero-order valence-electron chi connectivity index (χ0n) is 4.67. The first-order valence-electron chi connectivity index (χ1n) is 2.18. The van der Waals surface area contributed by atoms with Crippen LogP contribution in [0.3, 0.4) is 0 Å². The van der Waals surface area contributed by atoms with Crippen LogP contribution in [0.5, 0.6) is 0 Å². The van der Waals surface area contributed by atoms with Crippen LogP contribution in [0.1, 0.15) is 6.92 Å². The highest BCUT2D eigenvalue weighted by Crippen LogP contribution is 1.89. The van der Waals surface area contributed by atoms with Gasteiger partial charge in [-0.05, 0) is 6.92 Å². The van der Waals surface area contributed by atoms with Gasteiger partial charge in [0, 0.05) is 11.9 Å². The Bertz CT molecular complexity index is 51.3. The van der Waals surface area contributed by atoms with Crippen LogP contribution in [0.15, 0.2) is 0 Å². The van der Waals surface area contributed by atoms with Crippen molar-refractivity contribution in [3.63, 3.8) is 0 Å². The third kappa shape index (κ3) is 4.65. The van der Waals surface area contributed by atoms with Crippen molar-refractivity contribution in [3.8, 4) is 0 Å². The van der Waals surface area contributed by atoms with Crippen molar-refractivity contribution in [1.29, 1.82) is 0 Å². The SMILES string of the molecule is C[C@H](N)[C@H](O)CCl.Cl. The highest BCUT2D eigenvalue weighted by atomic mass is 35.5. The maximum absolute atomic E-state index is 8.68. The predicted octanol–water partition coefficient (Wildman–Crippen LogP) is 0.355. The largest absolute Gasteiger partial charge is 0.390 e. The smallest absolute Gasteiger partial charge is 0.0823 e. The lowest BCUT2D eigenvalue weighted by Crippen LogP contribution is -2.32. The minimum Gasteiger partial charge on any atom is -0.390 e. The molecule has 2 atom stereocenters. The summed E-state index contributed by atoms with van der Waals surface area (Å²) in [6.45, 7) is 1.72. The molecule has 0 spiro atoms. The molecule has 0 aliphatic rings. The van der Waals surface area contributed by atoms with E-state index in [9.17, 15) is 0 Å². The van der Waals surface area contributed by atoms with Crippen LogP contribution in [0, 0.1) is 0 Å². The third-order valence-electron chi connectivity index (χ3n) is 0.765. The summed E-state index contributed by atoms with van der Waals surface area (Å²) >= 11 is 5.22. The summed E-state index contributed by atoms with van der Waals surface area (Å²) in [4.78, 5) is 0. The molecule has 0 aliphatic heterocycles. The molecular weight excluding hydrogens is 149 g/mol. The fourth-order valence-electron chi connectivity index (χ4n) is 0.141. The molecule has 52 valence electrons. The quantitative estimate of drug-likeness (QED) is 0.572. The first kappa shape index (κ1) is 11.3. The molecule has 0 radical (unpaired) electrons. The highest BCUT2D eigenvalue weighted by Gasteiger charge is 2.05. The number of nitrogens with two attached hydrogens (primary N) is 1. The van der Waals surface area contributed by atoms with Crippen LogP contribution in [0.4, 0.5) is 0 Å². The molecule has 0 unspecified atom stereocenters. The van der Waals surface area contributed by atoms with Gasteiger partial charge in [0.2, 0.25) is 0 Å². The molecule has 0 aromatic heterocycles. The molecule has 3 N–H and O–H groups in total. The monoisotopic (exact) mass is 159 g/mol. The summed E-state index contributed by atoms with van der Waals surface area (Å²) in [6, 6.07) is -0.211. The first-order valence-corrected chi connectivity index (χ1v) is 2.71. The highest BCUT2D eigenvalue weighted by molar-refractivity contribution is 6.18. The molecular formula is C4H11Cl2NO. The number of halogens is 2. The van der Waals surface area contributed by atoms with E-state index in [1.54, 1.807) is 6.92 Å². The minimum absolute atomic E-state index is 0. The van der Waals surface area contributed by atoms with Gasteiger partial charge in [0.1, 0.15) is 0 Å². The lowest BCUT2D eigenvalue weighted by Gasteiger charge is -2.08. The van der Waals surface area contributed by atoms with Crippen molar-refractivity contribution in [3.05, 3.63) is 0 Å². The second-order valence-corrected chi connectivity index (χ2v) is 1.89. The lowest BCUT2D eigenvalue weighted by molar-refractivity contribution is 0.174. The summed E-state index contributed by atoms with van der Waals surface area (Å²) in [5.74, 6) is 0.220. The van der Waals surface area contributed by atoms with Crippen molar-refractivity contribution in [2.24, 2.45) is 5.73 Å². The van der Waals surface area contributed by atoms with Crippen LogP contribution in [0.25, 0.3) is 0 Å². The Morgan fingerprint density at radius 3 is 2.12 bits per heavy atom. The molecule has 2 nitrogen and oxygen atoms in total. The van der Waals surface area contributed by atoms with Gasteiger partial charge >= 0.3 is 0 Å². The molecule has 0 heterocycles. The number of aliphatic hydroxyl groups is 1. The first-order chi connectivity index (χ1) is 3.18. The summed E-state index contributed by atoms with van der Waals surface area (Å²) in [5, 5.41) is 8.68. The fourth-order valence-corrected chi connectivity index (χ4v) is 0.422. The van der Waals surface area contributed by atoms with Crippen LogP contribution in [-0.4, -0.2) is 23.1 Å². The van der Waals surface area contributed by atoms with Gasteiger partial charge in [0.25, 0.3) is 0 Å². The zero-order valence-corrected chi connectivity index (χ0v) is 6.25. The van der Waals surface area contributed by atoms with Crippen LogP contribution in [-0.2, 0) is 0 Å². The Morgan fingerprint density at radius 1 is 1.75 bits per heavy atom. The molecule has 0 saturated heterocycles. The molecule has 8 heavy (non-hydrogen) atoms. The van der Waals surface area contributed by atoms with E-state index in [-0.39, 0.29) is 24.3 Å². The van der Waals surface area contributed by atoms with Crippen molar-refractivity contribution in [2.45, 2.75) is 19.1 Å². The summed E-state index contributed by atoms with van der Waals surface area (Å²) in [6.07, 6.45) is -0.554. The van der Waals surface area contributed by atoms with E-state index in [1.807, 2.05) is 0 Å².